The number of nitrogens with one attached hydrogen (secondary N) is 2. The number of ether oxygens (including phenoxy) is 1. The Hall–Kier alpha value is -4.36. The first kappa shape index (κ1) is 27.8. The van der Waals surface area contributed by atoms with Crippen LogP contribution >= 0.6 is 23.1 Å². The summed E-state index contributed by atoms with van der Waals surface area (Å²) in [7, 11) is 0. The van der Waals surface area contributed by atoms with Gasteiger partial charge >= 0.3 is 11.0 Å². The number of hydrogen-bond donors (Lipinski definition) is 2. The number of anilines is 2. The van der Waals surface area contributed by atoms with E-state index in [4.69, 9.17) is 4.74 Å². The van der Waals surface area contributed by atoms with Gasteiger partial charge in [-0.25, -0.2) is 4.90 Å². The molecule has 4 aromatic rings. The summed E-state index contributed by atoms with van der Waals surface area (Å²) in [6.07, 6.45) is -4.66. The maximum Gasteiger partial charge on any atom is 0.416 e. The van der Waals surface area contributed by atoms with Crippen LogP contribution in [-0.4, -0.2) is 34.6 Å². The van der Waals surface area contributed by atoms with E-state index in [0.29, 0.717) is 26.9 Å². The molecule has 3 heterocycles. The van der Waals surface area contributed by atoms with Crippen molar-refractivity contribution >= 4 is 52.2 Å². The molecule has 214 valence electrons. The summed E-state index contributed by atoms with van der Waals surface area (Å²) in [5, 5.41) is 2.17. The van der Waals surface area contributed by atoms with Gasteiger partial charge in [-0.05, 0) is 48.0 Å². The van der Waals surface area contributed by atoms with Gasteiger partial charge in [0, 0.05) is 16.5 Å². The number of aromatic amines is 1. The van der Waals surface area contributed by atoms with E-state index >= 15 is 0 Å². The fraction of sp³-hybridized carbons (Fsp3) is 0.172. The molecule has 13 heteroatoms. The van der Waals surface area contributed by atoms with Crippen LogP contribution in [0.2, 0.25) is 0 Å². The standard InChI is InChI=1S/C29H20F3N3O5S2/c30-29(31,32)16-7-5-10-18(13-16)35-26(37)22-21(23-25(34-28(39)42-23)41-24(22)27(35)38)15-6-4-11-19(12-15)40-14-20(36)33-17-8-2-1-3-9-17/h1-13,21-22,24H,14H2,(H,33,36)(H,34,39)/t21-,22-,24+/m0/s1. The normalized spacial score (nSPS) is 19.8. The first-order valence-corrected chi connectivity index (χ1v) is 14.3. The molecule has 2 N–H and O–H groups in total. The highest BCUT2D eigenvalue weighted by Crippen LogP contribution is 2.53. The molecule has 3 amide bonds. The molecule has 0 spiro atoms. The molecule has 0 saturated carbocycles. The average molecular weight is 612 g/mol. The minimum atomic E-state index is -4.66. The zero-order chi connectivity index (χ0) is 29.6. The molecule has 0 radical (unpaired) electrons. The smallest absolute Gasteiger partial charge is 0.416 e. The Morgan fingerprint density at radius 2 is 1.71 bits per heavy atom. The van der Waals surface area contributed by atoms with Crippen molar-refractivity contribution in [1.82, 2.24) is 4.98 Å². The molecule has 2 aliphatic heterocycles. The Kier molecular flexibility index (Phi) is 7.15. The van der Waals surface area contributed by atoms with Gasteiger partial charge in [0.05, 0.1) is 22.2 Å². The lowest BCUT2D eigenvalue weighted by Crippen LogP contribution is -2.32. The second-order valence-corrected chi connectivity index (χ2v) is 11.8. The van der Waals surface area contributed by atoms with Crippen molar-refractivity contribution in [3.05, 3.63) is 105 Å². The first-order chi connectivity index (χ1) is 20.1. The second kappa shape index (κ2) is 10.8. The molecule has 6 rings (SSSR count). The lowest BCUT2D eigenvalue weighted by molar-refractivity contribution is -0.137. The van der Waals surface area contributed by atoms with Crippen LogP contribution in [-0.2, 0) is 20.6 Å². The van der Waals surface area contributed by atoms with Gasteiger partial charge in [-0.1, -0.05) is 59.5 Å². The van der Waals surface area contributed by atoms with Gasteiger partial charge in [0.25, 0.3) is 5.91 Å². The van der Waals surface area contributed by atoms with E-state index < -0.39 is 40.6 Å². The van der Waals surface area contributed by atoms with Crippen LogP contribution in [0, 0.1) is 5.92 Å². The number of alkyl halides is 3. The number of rotatable bonds is 6. The molecule has 8 nitrogen and oxygen atoms in total. The molecule has 3 atom stereocenters. The van der Waals surface area contributed by atoms with Crippen molar-refractivity contribution in [2.45, 2.75) is 22.4 Å². The largest absolute Gasteiger partial charge is 0.484 e. The van der Waals surface area contributed by atoms with Crippen LogP contribution in [0.1, 0.15) is 21.9 Å². The molecule has 1 fully saturated rings. The zero-order valence-corrected chi connectivity index (χ0v) is 23.0. The Morgan fingerprint density at radius 1 is 0.952 bits per heavy atom. The fourth-order valence-corrected chi connectivity index (χ4v) is 7.63. The summed E-state index contributed by atoms with van der Waals surface area (Å²) in [6, 6.07) is 19.6. The highest BCUT2D eigenvalue weighted by atomic mass is 32.2. The van der Waals surface area contributed by atoms with E-state index in [1.807, 2.05) is 6.07 Å². The summed E-state index contributed by atoms with van der Waals surface area (Å²) >= 11 is 1.93. The van der Waals surface area contributed by atoms with Gasteiger partial charge in [0.15, 0.2) is 6.61 Å². The summed E-state index contributed by atoms with van der Waals surface area (Å²) in [5.41, 5.74) is 0.00115. The molecule has 2 aliphatic rings. The van der Waals surface area contributed by atoms with Crippen molar-refractivity contribution in [2.24, 2.45) is 5.92 Å². The minimum Gasteiger partial charge on any atom is -0.484 e. The Morgan fingerprint density at radius 3 is 2.48 bits per heavy atom. The summed E-state index contributed by atoms with van der Waals surface area (Å²) in [6.45, 7) is -0.297. The van der Waals surface area contributed by atoms with Gasteiger partial charge in [-0.3, -0.25) is 19.2 Å². The predicted molar refractivity (Wildman–Crippen MR) is 151 cm³/mol. The topological polar surface area (TPSA) is 109 Å². The summed E-state index contributed by atoms with van der Waals surface area (Å²) < 4.78 is 45.9. The number of para-hydroxylation sites is 1. The average Bonchev–Trinajstić information content (AvgIpc) is 3.46. The Bertz CT molecular complexity index is 1750. The van der Waals surface area contributed by atoms with Crippen molar-refractivity contribution < 1.29 is 32.3 Å². The van der Waals surface area contributed by atoms with E-state index in [9.17, 15) is 32.3 Å². The Balaban J connectivity index is 1.31. The molecule has 42 heavy (non-hydrogen) atoms. The van der Waals surface area contributed by atoms with E-state index in [-0.39, 0.29) is 23.1 Å². The van der Waals surface area contributed by atoms with Crippen LogP contribution in [0.3, 0.4) is 0 Å². The zero-order valence-electron chi connectivity index (χ0n) is 21.4. The van der Waals surface area contributed by atoms with Gasteiger partial charge in [-0.15, -0.1) is 0 Å². The molecule has 1 saturated heterocycles. The number of imide groups is 1. The maximum absolute atomic E-state index is 13.8. The van der Waals surface area contributed by atoms with Crippen LogP contribution in [0.25, 0.3) is 0 Å². The Labute approximate surface area is 244 Å². The number of carbonyl (C=O) groups excluding carboxylic acids is 3. The highest BCUT2D eigenvalue weighted by molar-refractivity contribution is 8.00. The number of thioether (sulfide) groups is 1. The lowest BCUT2D eigenvalue weighted by Gasteiger charge is -2.30. The first-order valence-electron chi connectivity index (χ1n) is 12.6. The van der Waals surface area contributed by atoms with E-state index in [2.05, 4.69) is 10.3 Å². The molecule has 0 aliphatic carbocycles. The van der Waals surface area contributed by atoms with Crippen LogP contribution in [0.15, 0.2) is 88.7 Å². The molecule has 0 bridgehead atoms. The van der Waals surface area contributed by atoms with Crippen molar-refractivity contribution in [1.29, 1.82) is 0 Å². The third-order valence-electron chi connectivity index (χ3n) is 6.90. The summed E-state index contributed by atoms with van der Waals surface area (Å²) in [5.74, 6) is -3.15. The molecule has 0 unspecified atom stereocenters. The van der Waals surface area contributed by atoms with Crippen molar-refractivity contribution in [3.8, 4) is 5.75 Å². The maximum atomic E-state index is 13.8. The monoisotopic (exact) mass is 611 g/mol. The number of thiazole rings is 1. The second-order valence-electron chi connectivity index (χ2n) is 9.59. The fourth-order valence-electron chi connectivity index (χ4n) is 5.12. The number of fused-ring (bicyclic) bond motifs is 2. The summed E-state index contributed by atoms with van der Waals surface area (Å²) in [4.78, 5) is 55.8. The van der Waals surface area contributed by atoms with Crippen LogP contribution in [0.4, 0.5) is 24.5 Å². The third kappa shape index (κ3) is 5.21. The van der Waals surface area contributed by atoms with Gasteiger partial charge < -0.3 is 15.0 Å². The molecular weight excluding hydrogens is 591 g/mol. The lowest BCUT2D eigenvalue weighted by atomic mass is 9.83. The van der Waals surface area contributed by atoms with Crippen LogP contribution in [0.5, 0.6) is 5.75 Å². The molecule has 3 aromatic carbocycles. The van der Waals surface area contributed by atoms with E-state index in [0.717, 1.165) is 46.2 Å². The molecule has 1 aromatic heterocycles. The number of hydrogen-bond acceptors (Lipinski definition) is 7. The quantitative estimate of drug-likeness (QED) is 0.288. The van der Waals surface area contributed by atoms with Crippen molar-refractivity contribution in [2.75, 3.05) is 16.8 Å². The number of nitrogens with zero attached hydrogens (tertiary/aromatic N) is 1. The number of aromatic nitrogens is 1. The minimum absolute atomic E-state index is 0.174. The highest BCUT2D eigenvalue weighted by Gasteiger charge is 2.56. The number of amides is 3. The number of benzene rings is 3. The third-order valence-corrected chi connectivity index (χ3v) is 9.30. The van der Waals surface area contributed by atoms with Gasteiger partial charge in [0.2, 0.25) is 11.8 Å². The molecular formula is C29H20F3N3O5S2. The van der Waals surface area contributed by atoms with Gasteiger partial charge in [0.1, 0.15) is 11.0 Å². The number of halogens is 3. The number of H-pyrrole nitrogens is 1. The number of carbonyl (C=O) groups is 3. The van der Waals surface area contributed by atoms with E-state index in [1.54, 1.807) is 48.5 Å². The van der Waals surface area contributed by atoms with E-state index in [1.165, 1.54) is 6.07 Å². The van der Waals surface area contributed by atoms with Crippen LogP contribution < -0.4 is 19.8 Å². The SMILES string of the molecule is O=C(COc1cccc([C@@H]2c3sc(=O)[nH]c3S[C@H]3C(=O)N(c4cccc(C(F)(F)F)c4)C(=O)[C@@H]23)c1)Nc1ccccc1. The predicted octanol–water partition coefficient (Wildman–Crippen LogP) is 5.27. The van der Waals surface area contributed by atoms with Gasteiger partial charge in [-0.2, -0.15) is 13.2 Å². The van der Waals surface area contributed by atoms with Crippen molar-refractivity contribution in [3.63, 3.8) is 0 Å².